The van der Waals surface area contributed by atoms with Crippen molar-refractivity contribution in [3.05, 3.63) is 12.3 Å². The molecule has 0 saturated carbocycles. The van der Waals surface area contributed by atoms with Crippen molar-refractivity contribution in [3.63, 3.8) is 0 Å². The Kier molecular flexibility index (Phi) is 4.36. The van der Waals surface area contributed by atoms with Crippen LogP contribution < -0.4 is 10.6 Å². The van der Waals surface area contributed by atoms with Crippen LogP contribution in [0, 0.1) is 0 Å². The predicted octanol–water partition coefficient (Wildman–Crippen LogP) is 0.677. The van der Waals surface area contributed by atoms with E-state index in [1.807, 2.05) is 7.05 Å². The third kappa shape index (κ3) is 3.68. The zero-order chi connectivity index (χ0) is 6.41. The van der Waals surface area contributed by atoms with Crippen LogP contribution in [0.25, 0.3) is 0 Å². The molecular formula is C6H14N2. The summed E-state index contributed by atoms with van der Waals surface area (Å²) in [4.78, 5) is 0. The largest absolute Gasteiger partial charge is 0.376 e. The highest BCUT2D eigenvalue weighted by Crippen LogP contribution is 1.86. The molecule has 0 saturated heterocycles. The number of hydrogen-bond acceptors (Lipinski definition) is 2. The highest BCUT2D eigenvalue weighted by Gasteiger charge is 1.82. The molecule has 0 aromatic heterocycles. The van der Waals surface area contributed by atoms with Gasteiger partial charge in [-0.1, -0.05) is 13.5 Å². The topological polar surface area (TPSA) is 24.1 Å². The smallest absolute Gasteiger partial charge is 0.0647 e. The van der Waals surface area contributed by atoms with Crippen LogP contribution in [0.4, 0.5) is 0 Å². The molecule has 0 aliphatic carbocycles. The maximum Gasteiger partial charge on any atom is 0.0647 e. The van der Waals surface area contributed by atoms with Crippen molar-refractivity contribution in [1.82, 2.24) is 10.6 Å². The van der Waals surface area contributed by atoms with Crippen molar-refractivity contribution in [2.75, 3.05) is 13.7 Å². The zero-order valence-corrected chi connectivity index (χ0v) is 5.62. The molecule has 0 aromatic carbocycles. The van der Waals surface area contributed by atoms with Crippen molar-refractivity contribution >= 4 is 0 Å². The molecule has 2 nitrogen and oxygen atoms in total. The fourth-order valence-corrected chi connectivity index (χ4v) is 0.338. The van der Waals surface area contributed by atoms with Crippen molar-refractivity contribution < 1.29 is 0 Å². The van der Waals surface area contributed by atoms with E-state index in [2.05, 4.69) is 24.1 Å². The van der Waals surface area contributed by atoms with Crippen LogP contribution in [0.5, 0.6) is 0 Å². The molecule has 8 heavy (non-hydrogen) atoms. The first-order valence-corrected chi connectivity index (χ1v) is 2.87. The number of nitrogens with one attached hydrogen (secondary N) is 2. The van der Waals surface area contributed by atoms with Gasteiger partial charge in [0.2, 0.25) is 0 Å². The number of rotatable bonds is 4. The molecule has 0 heterocycles. The molecule has 0 aliphatic rings. The van der Waals surface area contributed by atoms with Crippen LogP contribution >= 0.6 is 0 Å². The van der Waals surface area contributed by atoms with E-state index < -0.39 is 0 Å². The quantitative estimate of drug-likeness (QED) is 0.525. The molecule has 2 N–H and O–H groups in total. The highest BCUT2D eigenvalue weighted by molar-refractivity contribution is 4.87. The van der Waals surface area contributed by atoms with Gasteiger partial charge in [-0.25, -0.2) is 0 Å². The average Bonchev–Trinajstić information content (AvgIpc) is 1.83. The Morgan fingerprint density at radius 2 is 2.25 bits per heavy atom. The minimum absolute atomic E-state index is 0.812. The van der Waals surface area contributed by atoms with E-state index in [9.17, 15) is 0 Å². The van der Waals surface area contributed by atoms with Gasteiger partial charge in [0.05, 0.1) is 6.67 Å². The summed E-state index contributed by atoms with van der Waals surface area (Å²) in [5.41, 5.74) is 1.08. The Balaban J connectivity index is 2.99. The lowest BCUT2D eigenvalue weighted by molar-refractivity contribution is 0.691. The van der Waals surface area contributed by atoms with E-state index in [4.69, 9.17) is 0 Å². The lowest BCUT2D eigenvalue weighted by Crippen LogP contribution is -2.24. The normalized spacial score (nSPS) is 8.75. The lowest BCUT2D eigenvalue weighted by atomic mass is 10.4. The second-order valence-electron chi connectivity index (χ2n) is 1.66. The van der Waals surface area contributed by atoms with Gasteiger partial charge in [0, 0.05) is 5.70 Å². The van der Waals surface area contributed by atoms with Gasteiger partial charge in [0.15, 0.2) is 0 Å². The molecule has 0 radical (unpaired) electrons. The second kappa shape index (κ2) is 4.65. The minimum atomic E-state index is 0.812. The summed E-state index contributed by atoms with van der Waals surface area (Å²) >= 11 is 0. The summed E-state index contributed by atoms with van der Waals surface area (Å²) in [6.07, 6.45) is 1.00. The van der Waals surface area contributed by atoms with E-state index in [1.165, 1.54) is 0 Å². The standard InChI is InChI=1S/C6H14N2/c1-4-6(2)8-5-7-3/h7-8H,2,4-5H2,1,3H3. The molecule has 2 heteroatoms. The van der Waals surface area contributed by atoms with E-state index in [-0.39, 0.29) is 0 Å². The maximum absolute atomic E-state index is 3.76. The lowest BCUT2D eigenvalue weighted by Gasteiger charge is -2.04. The molecule has 0 aliphatic heterocycles. The van der Waals surface area contributed by atoms with Crippen LogP contribution in [-0.2, 0) is 0 Å². The summed E-state index contributed by atoms with van der Waals surface area (Å²) in [5.74, 6) is 0. The summed E-state index contributed by atoms with van der Waals surface area (Å²) in [7, 11) is 1.90. The molecule has 0 rings (SSSR count). The molecular weight excluding hydrogens is 100 g/mol. The SMILES string of the molecule is C=C(CC)NCNC. The van der Waals surface area contributed by atoms with Gasteiger partial charge >= 0.3 is 0 Å². The molecule has 0 unspecified atom stereocenters. The highest BCUT2D eigenvalue weighted by atomic mass is 15.0. The van der Waals surface area contributed by atoms with Gasteiger partial charge in [-0.15, -0.1) is 0 Å². The van der Waals surface area contributed by atoms with Crippen LogP contribution in [0.3, 0.4) is 0 Å². The second-order valence-corrected chi connectivity index (χ2v) is 1.66. The van der Waals surface area contributed by atoms with Crippen LogP contribution in [0.2, 0.25) is 0 Å². The van der Waals surface area contributed by atoms with Crippen molar-refractivity contribution in [2.45, 2.75) is 13.3 Å². The Morgan fingerprint density at radius 3 is 2.62 bits per heavy atom. The van der Waals surface area contributed by atoms with Gasteiger partial charge < -0.3 is 10.6 Å². The number of allylic oxidation sites excluding steroid dienone is 1. The summed E-state index contributed by atoms with van der Waals surface area (Å²) in [6, 6.07) is 0. The molecule has 0 atom stereocenters. The van der Waals surface area contributed by atoms with Crippen molar-refractivity contribution in [1.29, 1.82) is 0 Å². The first-order valence-electron chi connectivity index (χ1n) is 2.87. The summed E-state index contributed by atoms with van der Waals surface area (Å²) < 4.78 is 0. The zero-order valence-electron chi connectivity index (χ0n) is 5.62. The fourth-order valence-electron chi connectivity index (χ4n) is 0.338. The summed E-state index contributed by atoms with van der Waals surface area (Å²) in [5, 5.41) is 6.04. The van der Waals surface area contributed by atoms with Crippen molar-refractivity contribution in [3.8, 4) is 0 Å². The average molecular weight is 114 g/mol. The minimum Gasteiger partial charge on any atom is -0.376 e. The van der Waals surface area contributed by atoms with Crippen LogP contribution in [0.15, 0.2) is 12.3 Å². The molecule has 0 spiro atoms. The third-order valence-corrected chi connectivity index (χ3v) is 0.942. The van der Waals surface area contributed by atoms with E-state index in [1.54, 1.807) is 0 Å². The Bertz CT molecular complexity index is 68.9. The van der Waals surface area contributed by atoms with Gasteiger partial charge in [-0.2, -0.15) is 0 Å². The molecule has 0 fully saturated rings. The third-order valence-electron chi connectivity index (χ3n) is 0.942. The van der Waals surface area contributed by atoms with E-state index >= 15 is 0 Å². The molecule has 48 valence electrons. The Labute approximate surface area is 51.0 Å². The van der Waals surface area contributed by atoms with Gasteiger partial charge in [0.1, 0.15) is 0 Å². The van der Waals surface area contributed by atoms with Gasteiger partial charge in [-0.05, 0) is 13.5 Å². The van der Waals surface area contributed by atoms with E-state index in [0.717, 1.165) is 18.8 Å². The Morgan fingerprint density at radius 1 is 1.62 bits per heavy atom. The number of hydrogen-bond donors (Lipinski definition) is 2. The van der Waals surface area contributed by atoms with Crippen molar-refractivity contribution in [2.24, 2.45) is 0 Å². The van der Waals surface area contributed by atoms with Gasteiger partial charge in [-0.3, -0.25) is 0 Å². The molecule has 0 aromatic rings. The fraction of sp³-hybridized carbons (Fsp3) is 0.667. The first-order chi connectivity index (χ1) is 3.81. The first kappa shape index (κ1) is 7.50. The maximum atomic E-state index is 3.76. The Hall–Kier alpha value is -0.500. The van der Waals surface area contributed by atoms with E-state index in [0.29, 0.717) is 0 Å². The molecule has 0 bridgehead atoms. The monoisotopic (exact) mass is 114 g/mol. The van der Waals surface area contributed by atoms with Crippen LogP contribution in [-0.4, -0.2) is 13.7 Å². The summed E-state index contributed by atoms with van der Waals surface area (Å²) in [6.45, 7) is 6.65. The van der Waals surface area contributed by atoms with Gasteiger partial charge in [0.25, 0.3) is 0 Å². The molecule has 0 amide bonds. The van der Waals surface area contributed by atoms with Crippen LogP contribution in [0.1, 0.15) is 13.3 Å². The predicted molar refractivity (Wildman–Crippen MR) is 36.5 cm³/mol.